The van der Waals surface area contributed by atoms with E-state index in [0.29, 0.717) is 5.56 Å². The molecule has 0 saturated heterocycles. The molecule has 98 valence electrons. The first-order valence-corrected chi connectivity index (χ1v) is 6.51. The van der Waals surface area contributed by atoms with Crippen LogP contribution in [0.25, 0.3) is 0 Å². The summed E-state index contributed by atoms with van der Waals surface area (Å²) in [6, 6.07) is 10.9. The molecular formula is C14H12BrNO3. The molecule has 2 aromatic rings. The number of nitrogens with one attached hydrogen (secondary N) is 1. The maximum Gasteiger partial charge on any atom is 0.350 e. The molecule has 0 bridgehead atoms. The Kier molecular flexibility index (Phi) is 4.16. The van der Waals surface area contributed by atoms with E-state index in [-0.39, 0.29) is 16.4 Å². The fourth-order valence-electron chi connectivity index (χ4n) is 1.63. The Morgan fingerprint density at radius 2 is 2.00 bits per heavy atom. The minimum Gasteiger partial charge on any atom is -0.430 e. The number of amides is 1. The molecule has 5 heteroatoms. The van der Waals surface area contributed by atoms with Gasteiger partial charge in [0, 0.05) is 0 Å². The van der Waals surface area contributed by atoms with Crippen LogP contribution in [0.1, 0.15) is 28.9 Å². The summed E-state index contributed by atoms with van der Waals surface area (Å²) in [5.74, 6) is -0.291. The molecule has 2 rings (SSSR count). The van der Waals surface area contributed by atoms with E-state index in [4.69, 9.17) is 4.42 Å². The quantitative estimate of drug-likeness (QED) is 0.945. The van der Waals surface area contributed by atoms with Gasteiger partial charge in [0.15, 0.2) is 0 Å². The highest BCUT2D eigenvalue weighted by atomic mass is 79.9. The summed E-state index contributed by atoms with van der Waals surface area (Å²) in [7, 11) is 0. The summed E-state index contributed by atoms with van der Waals surface area (Å²) in [6.07, 6.45) is 1.15. The van der Waals surface area contributed by atoms with Crippen molar-refractivity contribution in [2.75, 3.05) is 0 Å². The van der Waals surface area contributed by atoms with Crippen molar-refractivity contribution in [1.82, 2.24) is 5.32 Å². The Balaban J connectivity index is 2.13. The summed E-state index contributed by atoms with van der Waals surface area (Å²) in [6.45, 7) is 1.89. The molecule has 0 fully saturated rings. The van der Waals surface area contributed by atoms with Crippen LogP contribution in [0.4, 0.5) is 0 Å². The first kappa shape index (κ1) is 13.5. The SMILES string of the molecule is C[C@@H](NC(=O)c1coc(=O)c(Br)c1)c1ccccc1. The van der Waals surface area contributed by atoms with E-state index in [1.54, 1.807) is 0 Å². The molecule has 1 atom stereocenters. The molecule has 19 heavy (non-hydrogen) atoms. The topological polar surface area (TPSA) is 59.3 Å². The summed E-state index contributed by atoms with van der Waals surface area (Å²) < 4.78 is 4.96. The molecule has 1 N–H and O–H groups in total. The number of carbonyl (C=O) groups is 1. The lowest BCUT2D eigenvalue weighted by Gasteiger charge is -2.13. The number of hydrogen-bond acceptors (Lipinski definition) is 3. The lowest BCUT2D eigenvalue weighted by atomic mass is 10.1. The highest BCUT2D eigenvalue weighted by molar-refractivity contribution is 9.10. The maximum absolute atomic E-state index is 12.0. The van der Waals surface area contributed by atoms with Gasteiger partial charge in [-0.3, -0.25) is 4.79 Å². The number of benzene rings is 1. The maximum atomic E-state index is 12.0. The average Bonchev–Trinajstić information content (AvgIpc) is 2.42. The summed E-state index contributed by atoms with van der Waals surface area (Å²) >= 11 is 3.04. The second-order valence-corrected chi connectivity index (χ2v) is 4.93. The van der Waals surface area contributed by atoms with Crippen LogP contribution < -0.4 is 10.9 Å². The van der Waals surface area contributed by atoms with E-state index in [1.807, 2.05) is 37.3 Å². The molecule has 0 aliphatic carbocycles. The van der Waals surface area contributed by atoms with Crippen molar-refractivity contribution in [2.45, 2.75) is 13.0 Å². The minimum absolute atomic E-state index is 0.126. The number of hydrogen-bond donors (Lipinski definition) is 1. The molecule has 0 aliphatic rings. The summed E-state index contributed by atoms with van der Waals surface area (Å²) in [4.78, 5) is 23.1. The predicted molar refractivity (Wildman–Crippen MR) is 75.0 cm³/mol. The van der Waals surface area contributed by atoms with Crippen molar-refractivity contribution in [2.24, 2.45) is 0 Å². The standard InChI is InChI=1S/C14H12BrNO3/c1-9(10-5-3-2-4-6-10)16-13(17)11-7-12(15)14(18)19-8-11/h2-9H,1H3,(H,16,17)/t9-/m1/s1. The monoisotopic (exact) mass is 321 g/mol. The second kappa shape index (κ2) is 5.84. The Labute approximate surface area is 118 Å². The number of halogens is 1. The third-order valence-corrected chi connectivity index (χ3v) is 3.23. The number of carbonyl (C=O) groups excluding carboxylic acids is 1. The van der Waals surface area contributed by atoms with E-state index in [1.165, 1.54) is 6.07 Å². The van der Waals surface area contributed by atoms with Crippen LogP contribution in [-0.2, 0) is 0 Å². The van der Waals surface area contributed by atoms with Gasteiger partial charge in [-0.05, 0) is 34.5 Å². The first-order chi connectivity index (χ1) is 9.08. The van der Waals surface area contributed by atoms with Crippen LogP contribution in [0.3, 0.4) is 0 Å². The molecule has 1 aromatic heterocycles. The van der Waals surface area contributed by atoms with Gasteiger partial charge in [-0.2, -0.15) is 0 Å². The van der Waals surface area contributed by atoms with Crippen LogP contribution in [0, 0.1) is 0 Å². The molecule has 4 nitrogen and oxygen atoms in total. The van der Waals surface area contributed by atoms with E-state index in [9.17, 15) is 9.59 Å². The van der Waals surface area contributed by atoms with Gasteiger partial charge >= 0.3 is 5.63 Å². The van der Waals surface area contributed by atoms with Crippen molar-refractivity contribution in [1.29, 1.82) is 0 Å². The lowest BCUT2D eigenvalue weighted by Crippen LogP contribution is -2.27. The average molecular weight is 322 g/mol. The normalized spacial score (nSPS) is 11.9. The van der Waals surface area contributed by atoms with Crippen LogP contribution in [-0.4, -0.2) is 5.91 Å². The summed E-state index contributed by atoms with van der Waals surface area (Å²) in [5.41, 5.74) is 0.800. The predicted octanol–water partition coefficient (Wildman–Crippen LogP) is 2.89. The van der Waals surface area contributed by atoms with E-state index in [2.05, 4.69) is 21.2 Å². The largest absolute Gasteiger partial charge is 0.430 e. The fraction of sp³-hybridized carbons (Fsp3) is 0.143. The van der Waals surface area contributed by atoms with E-state index in [0.717, 1.165) is 11.8 Å². The van der Waals surface area contributed by atoms with E-state index >= 15 is 0 Å². The van der Waals surface area contributed by atoms with Gasteiger partial charge in [0.05, 0.1) is 11.6 Å². The van der Waals surface area contributed by atoms with Gasteiger partial charge in [-0.15, -0.1) is 0 Å². The van der Waals surface area contributed by atoms with Crippen molar-refractivity contribution in [3.05, 3.63) is 68.7 Å². The van der Waals surface area contributed by atoms with Crippen molar-refractivity contribution < 1.29 is 9.21 Å². The van der Waals surface area contributed by atoms with Gasteiger partial charge in [0.1, 0.15) is 10.7 Å². The Morgan fingerprint density at radius 1 is 1.32 bits per heavy atom. The third kappa shape index (κ3) is 3.32. The highest BCUT2D eigenvalue weighted by Gasteiger charge is 2.13. The van der Waals surface area contributed by atoms with Crippen LogP contribution in [0.5, 0.6) is 0 Å². The van der Waals surface area contributed by atoms with Crippen LogP contribution in [0.15, 0.2) is 56.3 Å². The molecule has 1 aromatic carbocycles. The molecule has 1 heterocycles. The zero-order chi connectivity index (χ0) is 13.8. The zero-order valence-electron chi connectivity index (χ0n) is 10.2. The van der Waals surface area contributed by atoms with Crippen LogP contribution >= 0.6 is 15.9 Å². The Hall–Kier alpha value is -1.88. The van der Waals surface area contributed by atoms with Crippen molar-refractivity contribution in [3.63, 3.8) is 0 Å². The molecular weight excluding hydrogens is 310 g/mol. The third-order valence-electron chi connectivity index (χ3n) is 2.68. The Bertz CT molecular complexity index is 637. The van der Waals surface area contributed by atoms with Gasteiger partial charge < -0.3 is 9.73 Å². The van der Waals surface area contributed by atoms with Crippen molar-refractivity contribution >= 4 is 21.8 Å². The lowest BCUT2D eigenvalue weighted by molar-refractivity contribution is 0.0937. The van der Waals surface area contributed by atoms with Gasteiger partial charge in [0.25, 0.3) is 5.91 Å². The second-order valence-electron chi connectivity index (χ2n) is 4.08. The van der Waals surface area contributed by atoms with Crippen molar-refractivity contribution in [3.8, 4) is 0 Å². The molecule has 0 aliphatic heterocycles. The van der Waals surface area contributed by atoms with Gasteiger partial charge in [0.2, 0.25) is 0 Å². The molecule has 0 radical (unpaired) electrons. The smallest absolute Gasteiger partial charge is 0.350 e. The molecule has 0 unspecified atom stereocenters. The first-order valence-electron chi connectivity index (χ1n) is 5.72. The Morgan fingerprint density at radius 3 is 2.63 bits per heavy atom. The minimum atomic E-state index is -0.507. The zero-order valence-corrected chi connectivity index (χ0v) is 11.8. The summed E-state index contributed by atoms with van der Waals surface area (Å²) in [5, 5.41) is 2.84. The van der Waals surface area contributed by atoms with Gasteiger partial charge in [-0.25, -0.2) is 4.79 Å². The fourth-order valence-corrected chi connectivity index (χ4v) is 1.97. The van der Waals surface area contributed by atoms with Gasteiger partial charge in [-0.1, -0.05) is 30.3 Å². The van der Waals surface area contributed by atoms with Crippen LogP contribution in [0.2, 0.25) is 0 Å². The number of rotatable bonds is 3. The molecule has 0 saturated carbocycles. The van der Waals surface area contributed by atoms with E-state index < -0.39 is 5.63 Å². The molecule has 1 amide bonds. The highest BCUT2D eigenvalue weighted by Crippen LogP contribution is 2.13. The molecule has 0 spiro atoms.